The molecule has 3 nitrogen and oxygen atoms in total. The molecule has 0 aliphatic heterocycles. The van der Waals surface area contributed by atoms with E-state index < -0.39 is 16.9 Å². The minimum atomic E-state index is -6.27. The van der Waals surface area contributed by atoms with E-state index in [9.17, 15) is 3.16 Å². The van der Waals surface area contributed by atoms with Crippen LogP contribution in [-0.2, 0) is 23.7 Å². The fraction of sp³-hybridized carbons (Fsp3) is 0. The van der Waals surface area contributed by atoms with Crippen molar-refractivity contribution in [1.29, 1.82) is 0 Å². The van der Waals surface area contributed by atoms with E-state index in [1.807, 2.05) is 0 Å². The van der Waals surface area contributed by atoms with E-state index in [0.717, 1.165) is 0 Å². The second kappa shape index (κ2) is 3.22. The molecule has 6 heavy (non-hydrogen) atoms. The van der Waals surface area contributed by atoms with Crippen molar-refractivity contribution in [3.05, 3.63) is 0 Å². The SMILES string of the molecule is [Na+].[O]=[Mo](=[O])([O-])[F]. The zero-order chi connectivity index (χ0) is 4.50. The van der Waals surface area contributed by atoms with Crippen molar-refractivity contribution in [2.24, 2.45) is 0 Å². The van der Waals surface area contributed by atoms with Crippen LogP contribution in [0.3, 0.4) is 0 Å². The molecule has 0 unspecified atom stereocenters. The van der Waals surface area contributed by atoms with E-state index in [0.29, 0.717) is 0 Å². The van der Waals surface area contributed by atoms with Gasteiger partial charge in [-0.1, -0.05) is 0 Å². The Hall–Kier alpha value is 1.18. The molecule has 0 fully saturated rings. The molecular weight excluding hydrogens is 186 g/mol. The van der Waals surface area contributed by atoms with Crippen molar-refractivity contribution in [1.82, 2.24) is 0 Å². The first-order valence-electron chi connectivity index (χ1n) is 0.654. The molecule has 32 valence electrons. The quantitative estimate of drug-likeness (QED) is 0.362. The second-order valence-corrected chi connectivity index (χ2v) is 2.33. The molecule has 0 aromatic carbocycles. The number of rotatable bonds is 0. The Labute approximate surface area is 59.7 Å². The molecule has 0 aromatic rings. The van der Waals surface area contributed by atoms with Crippen molar-refractivity contribution < 1.29 is 60.2 Å². The van der Waals surface area contributed by atoms with Gasteiger partial charge in [-0.15, -0.1) is 0 Å². The summed E-state index contributed by atoms with van der Waals surface area (Å²) in [6.07, 6.45) is 0. The fourth-order valence-corrected chi connectivity index (χ4v) is 0. The van der Waals surface area contributed by atoms with Crippen molar-refractivity contribution in [2.45, 2.75) is 0 Å². The van der Waals surface area contributed by atoms with Crippen LogP contribution in [-0.4, -0.2) is 0 Å². The minimum absolute atomic E-state index is 0. The average molecular weight is 186 g/mol. The van der Waals surface area contributed by atoms with Gasteiger partial charge in [-0.25, -0.2) is 0 Å². The van der Waals surface area contributed by atoms with Crippen LogP contribution in [0.25, 0.3) is 0 Å². The zero-order valence-electron chi connectivity index (χ0n) is 3.01. The Morgan fingerprint density at radius 2 is 1.50 bits per heavy atom. The first kappa shape index (κ1) is 10.2. The Balaban J connectivity index is 0. The molecule has 0 aromatic heterocycles. The van der Waals surface area contributed by atoms with Gasteiger partial charge in [0.2, 0.25) is 0 Å². The van der Waals surface area contributed by atoms with Crippen LogP contribution in [0.1, 0.15) is 0 Å². The summed E-state index contributed by atoms with van der Waals surface area (Å²) in [4.78, 5) is 0. The van der Waals surface area contributed by atoms with Gasteiger partial charge in [0.25, 0.3) is 0 Å². The van der Waals surface area contributed by atoms with Gasteiger partial charge in [-0.05, 0) is 0 Å². The Morgan fingerprint density at radius 1 is 1.50 bits per heavy atom. The average Bonchev–Trinajstić information content (AvgIpc) is 0.722. The van der Waals surface area contributed by atoms with E-state index >= 15 is 0 Å². The predicted octanol–water partition coefficient (Wildman–Crippen LogP) is -4.00. The molecule has 0 saturated heterocycles. The predicted molar refractivity (Wildman–Crippen MR) is 2.48 cm³/mol. The van der Waals surface area contributed by atoms with Gasteiger partial charge < -0.3 is 0 Å². The molecule has 0 atom stereocenters. The third-order valence-electron chi connectivity index (χ3n) is 0. The van der Waals surface area contributed by atoms with Crippen molar-refractivity contribution >= 4 is 0 Å². The third kappa shape index (κ3) is 65.1. The maximum absolute atomic E-state index is 10.2. The first-order chi connectivity index (χ1) is 2.00. The van der Waals surface area contributed by atoms with Crippen LogP contribution in [0.5, 0.6) is 0 Å². The zero-order valence-corrected chi connectivity index (χ0v) is 7.02. The summed E-state index contributed by atoms with van der Waals surface area (Å²) in [6, 6.07) is 0. The maximum atomic E-state index is 10.2. The summed E-state index contributed by atoms with van der Waals surface area (Å²) in [5.41, 5.74) is 0. The second-order valence-electron chi connectivity index (χ2n) is 0.393. The van der Waals surface area contributed by atoms with Crippen LogP contribution in [0.2, 0.25) is 0 Å². The monoisotopic (exact) mass is 188 g/mol. The van der Waals surface area contributed by atoms with Gasteiger partial charge in [0.05, 0.1) is 0 Å². The third-order valence-corrected chi connectivity index (χ3v) is 0. The molecule has 0 N–H and O–H groups in total. The van der Waals surface area contributed by atoms with Gasteiger partial charge in [0.1, 0.15) is 0 Å². The van der Waals surface area contributed by atoms with E-state index in [-0.39, 0.29) is 29.6 Å². The Kier molecular flexibility index (Phi) is 5.48. The molecule has 0 heterocycles. The van der Waals surface area contributed by atoms with Gasteiger partial charge in [0, 0.05) is 0 Å². The molecule has 0 aliphatic carbocycles. The molecule has 0 bridgehead atoms. The molecule has 0 rings (SSSR count). The van der Waals surface area contributed by atoms with Crippen LogP contribution in [0.15, 0.2) is 0 Å². The van der Waals surface area contributed by atoms with E-state index in [2.05, 4.69) is 0 Å². The standard InChI is InChI=1S/FH.Mo.Na.3O/h1H;;;;;/q;2*+1;;;-1/p-1. The normalized spacial score (nSPS) is 9.67. The van der Waals surface area contributed by atoms with E-state index in [4.69, 9.17) is 10.6 Å². The van der Waals surface area contributed by atoms with Crippen LogP contribution in [0, 0.1) is 0 Å². The molecule has 0 amide bonds. The van der Waals surface area contributed by atoms with Gasteiger partial charge in [0.15, 0.2) is 0 Å². The Bertz CT molecular complexity index is 94.0. The summed E-state index contributed by atoms with van der Waals surface area (Å²) in [5.74, 6) is 0. The van der Waals surface area contributed by atoms with Crippen LogP contribution < -0.4 is 33.3 Å². The Morgan fingerprint density at radius 3 is 1.50 bits per heavy atom. The fourth-order valence-electron chi connectivity index (χ4n) is 0. The number of hydrogen-bond acceptors (Lipinski definition) is 3. The molecule has 0 saturated carbocycles. The summed E-state index contributed by atoms with van der Waals surface area (Å²) in [7, 11) is 0. The van der Waals surface area contributed by atoms with Crippen LogP contribution >= 0.6 is 0 Å². The molecule has 0 aliphatic rings. The van der Waals surface area contributed by atoms with Crippen LogP contribution in [0.4, 0.5) is 3.16 Å². The molecular formula is FMoNaO3. The number of hydrogen-bond donors (Lipinski definition) is 0. The summed E-state index contributed by atoms with van der Waals surface area (Å²) >= 11 is -6.27. The van der Waals surface area contributed by atoms with Gasteiger partial charge >= 0.3 is 60.2 Å². The summed E-state index contributed by atoms with van der Waals surface area (Å²) in [5, 5.41) is 0. The topological polar surface area (TPSA) is 57.2 Å². The van der Waals surface area contributed by atoms with Gasteiger partial charge in [-0.3, -0.25) is 0 Å². The van der Waals surface area contributed by atoms with Crippen molar-refractivity contribution in [3.8, 4) is 0 Å². The van der Waals surface area contributed by atoms with Gasteiger partial charge in [-0.2, -0.15) is 0 Å². The molecule has 0 radical (unpaired) electrons. The number of halogens is 1. The van der Waals surface area contributed by atoms with Crippen molar-refractivity contribution in [2.75, 3.05) is 0 Å². The van der Waals surface area contributed by atoms with E-state index in [1.165, 1.54) is 0 Å². The van der Waals surface area contributed by atoms with E-state index in [1.54, 1.807) is 0 Å². The summed E-state index contributed by atoms with van der Waals surface area (Å²) < 4.78 is 35.8. The van der Waals surface area contributed by atoms with Crippen molar-refractivity contribution in [3.63, 3.8) is 0 Å². The molecule has 6 heteroatoms. The molecule has 0 spiro atoms. The first-order valence-corrected chi connectivity index (χ1v) is 3.87. The summed E-state index contributed by atoms with van der Waals surface area (Å²) in [6.45, 7) is 0.